The van der Waals surface area contributed by atoms with Crippen LogP contribution in [0.25, 0.3) is 11.1 Å². The number of pyridine rings is 1. The van der Waals surface area contributed by atoms with Crippen molar-refractivity contribution in [3.63, 3.8) is 0 Å². The minimum atomic E-state index is -0.576. The first-order chi connectivity index (χ1) is 15.9. The second-order valence-electron chi connectivity index (χ2n) is 9.22. The maximum absolute atomic E-state index is 13.3. The molecule has 3 amide bonds. The van der Waals surface area contributed by atoms with Crippen LogP contribution in [-0.2, 0) is 20.8 Å². The van der Waals surface area contributed by atoms with Gasteiger partial charge in [0.05, 0.1) is 11.3 Å². The van der Waals surface area contributed by atoms with E-state index in [9.17, 15) is 14.4 Å². The first-order valence-electron chi connectivity index (χ1n) is 11.7. The molecule has 2 aromatic rings. The molecule has 7 heteroatoms. The van der Waals surface area contributed by atoms with Crippen LogP contribution in [0.3, 0.4) is 0 Å². The second kappa shape index (κ2) is 9.73. The average Bonchev–Trinajstić information content (AvgIpc) is 3.18. The van der Waals surface area contributed by atoms with Crippen molar-refractivity contribution in [1.29, 1.82) is 0 Å². The summed E-state index contributed by atoms with van der Waals surface area (Å²) in [6, 6.07) is 12.1. The van der Waals surface area contributed by atoms with Crippen molar-refractivity contribution in [1.82, 2.24) is 20.1 Å². The number of aromatic nitrogens is 1. The molecule has 4 rings (SSSR count). The average molecular weight is 449 g/mol. The summed E-state index contributed by atoms with van der Waals surface area (Å²) in [4.78, 5) is 46.0. The van der Waals surface area contributed by atoms with Gasteiger partial charge < -0.3 is 15.1 Å². The highest BCUT2D eigenvalue weighted by Gasteiger charge is 2.44. The van der Waals surface area contributed by atoms with Crippen molar-refractivity contribution < 1.29 is 14.4 Å². The molecule has 1 unspecified atom stereocenters. The summed E-state index contributed by atoms with van der Waals surface area (Å²) in [7, 11) is 1.74. The van der Waals surface area contributed by atoms with Gasteiger partial charge in [-0.15, -0.1) is 0 Å². The predicted octanol–water partition coefficient (Wildman–Crippen LogP) is 2.51. The Hall–Kier alpha value is -3.22. The lowest BCUT2D eigenvalue weighted by atomic mass is 9.72. The van der Waals surface area contributed by atoms with Gasteiger partial charge in [-0.1, -0.05) is 30.3 Å². The zero-order chi connectivity index (χ0) is 23.4. The SMILES string of the molecule is CCNC(=O)C1(Cc2ccccc2-c2cccnc2)CCN(C(=O)C2CC(=O)N(C)C2)CC1. The van der Waals surface area contributed by atoms with Crippen molar-refractivity contribution in [2.24, 2.45) is 11.3 Å². The highest BCUT2D eigenvalue weighted by Crippen LogP contribution is 2.39. The van der Waals surface area contributed by atoms with Crippen LogP contribution in [0.15, 0.2) is 48.8 Å². The molecule has 3 heterocycles. The number of benzene rings is 1. The Labute approximate surface area is 195 Å². The van der Waals surface area contributed by atoms with E-state index in [1.54, 1.807) is 18.1 Å². The number of piperidine rings is 1. The summed E-state index contributed by atoms with van der Waals surface area (Å²) in [6.45, 7) is 4.04. The van der Waals surface area contributed by atoms with Crippen molar-refractivity contribution in [3.8, 4) is 11.1 Å². The third-order valence-corrected chi connectivity index (χ3v) is 7.06. The Balaban J connectivity index is 1.54. The van der Waals surface area contributed by atoms with E-state index in [0.29, 0.717) is 45.4 Å². The molecule has 2 fully saturated rings. The number of nitrogens with zero attached hydrogens (tertiary/aromatic N) is 3. The second-order valence-corrected chi connectivity index (χ2v) is 9.22. The van der Waals surface area contributed by atoms with Crippen molar-refractivity contribution >= 4 is 17.7 Å². The molecule has 1 aromatic carbocycles. The molecule has 0 spiro atoms. The molecular formula is C26H32N4O3. The van der Waals surface area contributed by atoms with Crippen LogP contribution < -0.4 is 5.32 Å². The fourth-order valence-corrected chi connectivity index (χ4v) is 5.12. The van der Waals surface area contributed by atoms with Crippen molar-refractivity contribution in [2.45, 2.75) is 32.6 Å². The minimum Gasteiger partial charge on any atom is -0.356 e. The van der Waals surface area contributed by atoms with Crippen molar-refractivity contribution in [2.75, 3.05) is 33.2 Å². The van der Waals surface area contributed by atoms with E-state index < -0.39 is 5.41 Å². The van der Waals surface area contributed by atoms with E-state index in [1.165, 1.54) is 0 Å². The van der Waals surface area contributed by atoms with Gasteiger partial charge in [0.1, 0.15) is 0 Å². The molecule has 0 bridgehead atoms. The molecule has 7 nitrogen and oxygen atoms in total. The zero-order valence-corrected chi connectivity index (χ0v) is 19.4. The molecule has 0 saturated carbocycles. The summed E-state index contributed by atoms with van der Waals surface area (Å²) >= 11 is 0. The quantitative estimate of drug-likeness (QED) is 0.736. The van der Waals surface area contributed by atoms with Crippen LogP contribution in [0, 0.1) is 11.3 Å². The van der Waals surface area contributed by atoms with Gasteiger partial charge in [-0.25, -0.2) is 0 Å². The number of nitrogens with one attached hydrogen (secondary N) is 1. The van der Waals surface area contributed by atoms with Gasteiger partial charge in [-0.05, 0) is 43.4 Å². The summed E-state index contributed by atoms with van der Waals surface area (Å²) in [6.07, 6.45) is 5.69. The summed E-state index contributed by atoms with van der Waals surface area (Å²) in [5.74, 6) is -0.165. The number of carbonyl (C=O) groups is 3. The van der Waals surface area contributed by atoms with Gasteiger partial charge >= 0.3 is 0 Å². The standard InChI is InChI=1S/C26H32N4O3/c1-3-28-25(33)26(16-19-7-4-5-9-22(19)20-8-6-12-27-17-20)10-13-30(14-11-26)24(32)21-15-23(31)29(2)18-21/h4-9,12,17,21H,3,10-11,13-16,18H2,1-2H3,(H,28,33). The first-order valence-corrected chi connectivity index (χ1v) is 11.7. The molecule has 0 aliphatic carbocycles. The largest absolute Gasteiger partial charge is 0.356 e. The van der Waals surface area contributed by atoms with Crippen LogP contribution in [0.1, 0.15) is 31.7 Å². The molecule has 1 aromatic heterocycles. The van der Waals surface area contributed by atoms with E-state index in [4.69, 9.17) is 0 Å². The molecular weight excluding hydrogens is 416 g/mol. The van der Waals surface area contributed by atoms with Crippen LogP contribution in [-0.4, -0.2) is 65.7 Å². The smallest absolute Gasteiger partial charge is 0.227 e. The van der Waals surface area contributed by atoms with Crippen LogP contribution in [0.2, 0.25) is 0 Å². The number of amides is 3. The fraction of sp³-hybridized carbons (Fsp3) is 0.462. The molecule has 33 heavy (non-hydrogen) atoms. The van der Waals surface area contributed by atoms with Crippen molar-refractivity contribution in [3.05, 3.63) is 54.4 Å². The van der Waals surface area contributed by atoms with Crippen LogP contribution >= 0.6 is 0 Å². The molecule has 1 N–H and O–H groups in total. The maximum atomic E-state index is 13.3. The van der Waals surface area contributed by atoms with Gasteiger partial charge in [-0.2, -0.15) is 0 Å². The predicted molar refractivity (Wildman–Crippen MR) is 126 cm³/mol. The van der Waals surface area contributed by atoms with Gasteiger partial charge in [0.15, 0.2) is 0 Å². The Bertz CT molecular complexity index is 1020. The Morgan fingerprint density at radius 2 is 1.91 bits per heavy atom. The lowest BCUT2D eigenvalue weighted by Crippen LogP contribution is -2.52. The fourth-order valence-electron chi connectivity index (χ4n) is 5.12. The maximum Gasteiger partial charge on any atom is 0.227 e. The molecule has 2 saturated heterocycles. The van der Waals surface area contributed by atoms with Gasteiger partial charge in [0.2, 0.25) is 17.7 Å². The molecule has 0 radical (unpaired) electrons. The van der Waals surface area contributed by atoms with Crippen LogP contribution in [0.4, 0.5) is 0 Å². The van der Waals surface area contributed by atoms with Gasteiger partial charge in [0, 0.05) is 57.6 Å². The highest BCUT2D eigenvalue weighted by molar-refractivity contribution is 5.89. The monoisotopic (exact) mass is 448 g/mol. The highest BCUT2D eigenvalue weighted by atomic mass is 16.2. The number of likely N-dealkylation sites (tertiary alicyclic amines) is 2. The Morgan fingerprint density at radius 1 is 1.15 bits per heavy atom. The van der Waals surface area contributed by atoms with Gasteiger partial charge in [-0.3, -0.25) is 19.4 Å². The Morgan fingerprint density at radius 3 is 2.55 bits per heavy atom. The zero-order valence-electron chi connectivity index (χ0n) is 19.4. The normalized spacial score (nSPS) is 20.1. The van der Waals surface area contributed by atoms with E-state index in [1.807, 2.05) is 42.3 Å². The summed E-state index contributed by atoms with van der Waals surface area (Å²) in [5.41, 5.74) is 2.65. The summed E-state index contributed by atoms with van der Waals surface area (Å²) in [5, 5.41) is 3.04. The number of rotatable bonds is 6. The van der Waals surface area contributed by atoms with E-state index in [0.717, 1.165) is 16.7 Å². The third kappa shape index (κ3) is 4.77. The number of carbonyl (C=O) groups excluding carboxylic acids is 3. The van der Waals surface area contributed by atoms with Crippen LogP contribution in [0.5, 0.6) is 0 Å². The van der Waals surface area contributed by atoms with E-state index >= 15 is 0 Å². The van der Waals surface area contributed by atoms with E-state index in [2.05, 4.69) is 22.4 Å². The lowest BCUT2D eigenvalue weighted by molar-refractivity contribution is -0.143. The minimum absolute atomic E-state index is 0.0223. The third-order valence-electron chi connectivity index (χ3n) is 7.06. The Kier molecular flexibility index (Phi) is 6.77. The van der Waals surface area contributed by atoms with Gasteiger partial charge in [0.25, 0.3) is 0 Å². The molecule has 174 valence electrons. The summed E-state index contributed by atoms with van der Waals surface area (Å²) < 4.78 is 0. The van der Waals surface area contributed by atoms with E-state index in [-0.39, 0.29) is 30.1 Å². The first kappa shape index (κ1) is 23.0. The molecule has 2 aliphatic heterocycles. The number of hydrogen-bond acceptors (Lipinski definition) is 4. The molecule has 1 atom stereocenters. The topological polar surface area (TPSA) is 82.6 Å². The lowest BCUT2D eigenvalue weighted by Gasteiger charge is -2.41. The number of hydrogen-bond donors (Lipinski definition) is 1. The molecule has 2 aliphatic rings.